The van der Waals surface area contributed by atoms with Gasteiger partial charge in [-0.2, -0.15) is 0 Å². The van der Waals surface area contributed by atoms with Crippen molar-refractivity contribution in [1.29, 1.82) is 0 Å². The van der Waals surface area contributed by atoms with Crippen LogP contribution >= 0.6 is 15.9 Å². The highest BCUT2D eigenvalue weighted by Crippen LogP contribution is 2.41. The fourth-order valence-electron chi connectivity index (χ4n) is 4.24. The van der Waals surface area contributed by atoms with Crippen molar-refractivity contribution < 1.29 is 24.2 Å². The molecule has 1 N–H and O–H groups in total. The summed E-state index contributed by atoms with van der Waals surface area (Å²) in [6, 6.07) is 11.8. The van der Waals surface area contributed by atoms with Crippen LogP contribution in [-0.2, 0) is 9.59 Å². The molecule has 7 nitrogen and oxygen atoms in total. The first-order chi connectivity index (χ1) is 15.9. The number of hydrogen-bond donors (Lipinski definition) is 1. The highest BCUT2D eigenvalue weighted by molar-refractivity contribution is 9.10. The third-order valence-corrected chi connectivity index (χ3v) is 6.62. The van der Waals surface area contributed by atoms with Gasteiger partial charge in [0.15, 0.2) is 11.5 Å². The average Bonchev–Trinajstić information content (AvgIpc) is 3.09. The number of hydrogen-bond acceptors (Lipinski definition) is 6. The second kappa shape index (κ2) is 9.97. The van der Waals surface area contributed by atoms with Crippen molar-refractivity contribution in [1.82, 2.24) is 9.80 Å². The quantitative estimate of drug-likeness (QED) is 0.342. The molecular weight excluding hydrogens is 488 g/mol. The molecule has 2 heterocycles. The lowest BCUT2D eigenvalue weighted by Gasteiger charge is -2.28. The molecule has 8 heteroatoms. The van der Waals surface area contributed by atoms with Gasteiger partial charge in [-0.05, 0) is 49.0 Å². The van der Waals surface area contributed by atoms with Crippen LogP contribution in [0.25, 0.3) is 5.76 Å². The summed E-state index contributed by atoms with van der Waals surface area (Å²) in [5.74, 6) is -0.421. The Hall–Kier alpha value is -2.84. The van der Waals surface area contributed by atoms with Gasteiger partial charge in [-0.25, -0.2) is 0 Å². The zero-order valence-corrected chi connectivity index (χ0v) is 20.3. The Labute approximate surface area is 201 Å². The highest BCUT2D eigenvalue weighted by atomic mass is 79.9. The third kappa shape index (κ3) is 4.63. The van der Waals surface area contributed by atoms with Crippen LogP contribution in [0.2, 0.25) is 0 Å². The number of rotatable bonds is 7. The number of nitrogens with zero attached hydrogens (tertiary/aromatic N) is 2. The van der Waals surface area contributed by atoms with Crippen LogP contribution in [-0.4, -0.2) is 66.0 Å². The summed E-state index contributed by atoms with van der Waals surface area (Å²) in [5.41, 5.74) is 1.25. The second-order valence-electron chi connectivity index (χ2n) is 7.93. The van der Waals surface area contributed by atoms with Crippen molar-refractivity contribution in [3.63, 3.8) is 0 Å². The normalized spacial score (nSPS) is 19.4. The number of halogens is 1. The Balaban J connectivity index is 1.78. The molecule has 0 aromatic heterocycles. The summed E-state index contributed by atoms with van der Waals surface area (Å²) in [6.07, 6.45) is 0. The predicted molar refractivity (Wildman–Crippen MR) is 128 cm³/mol. The smallest absolute Gasteiger partial charge is 0.295 e. The van der Waals surface area contributed by atoms with Gasteiger partial charge >= 0.3 is 0 Å². The number of carbonyl (C=O) groups excluding carboxylic acids is 2. The monoisotopic (exact) mass is 514 g/mol. The largest absolute Gasteiger partial charge is 0.507 e. The van der Waals surface area contributed by atoms with Gasteiger partial charge in [-0.15, -0.1) is 0 Å². The second-order valence-corrected chi connectivity index (χ2v) is 8.85. The molecule has 1 unspecified atom stereocenters. The summed E-state index contributed by atoms with van der Waals surface area (Å²) in [6.45, 7) is 7.70. The predicted octanol–water partition coefficient (Wildman–Crippen LogP) is 3.98. The molecule has 0 saturated carbocycles. The first-order valence-corrected chi connectivity index (χ1v) is 11.9. The van der Waals surface area contributed by atoms with Crippen molar-refractivity contribution in [2.45, 2.75) is 19.9 Å². The third-order valence-electron chi connectivity index (χ3n) is 6.09. The molecule has 1 amide bonds. The number of ketones is 1. The van der Waals surface area contributed by atoms with Crippen LogP contribution < -0.4 is 9.47 Å². The van der Waals surface area contributed by atoms with E-state index in [-0.39, 0.29) is 11.3 Å². The number of likely N-dealkylation sites (N-methyl/N-ethyl adjacent to an activating group) is 1. The van der Waals surface area contributed by atoms with Gasteiger partial charge in [0.25, 0.3) is 11.7 Å². The molecule has 0 aliphatic carbocycles. The van der Waals surface area contributed by atoms with E-state index in [2.05, 4.69) is 34.7 Å². The lowest BCUT2D eigenvalue weighted by Crippen LogP contribution is -2.38. The summed E-state index contributed by atoms with van der Waals surface area (Å²) < 4.78 is 12.1. The van der Waals surface area contributed by atoms with Crippen LogP contribution in [0.3, 0.4) is 0 Å². The topological polar surface area (TPSA) is 79.3 Å². The summed E-state index contributed by atoms with van der Waals surface area (Å²) in [5, 5.41) is 11.2. The molecule has 4 rings (SSSR count). The van der Waals surface area contributed by atoms with Crippen molar-refractivity contribution >= 4 is 33.4 Å². The lowest BCUT2D eigenvalue weighted by atomic mass is 9.95. The van der Waals surface area contributed by atoms with Crippen LogP contribution in [0.5, 0.6) is 11.5 Å². The molecule has 1 saturated heterocycles. The minimum absolute atomic E-state index is 0.0820. The lowest BCUT2D eigenvalue weighted by molar-refractivity contribution is -0.140. The SMILES string of the molecule is CCN(CC)CCN1C(=O)C(=O)C(=C(O)c2ccc3c(c2)OCCO3)C1c1ccc(Br)cc1. The van der Waals surface area contributed by atoms with E-state index in [9.17, 15) is 14.7 Å². The minimum atomic E-state index is -0.685. The molecule has 0 spiro atoms. The summed E-state index contributed by atoms with van der Waals surface area (Å²) in [7, 11) is 0. The molecule has 2 aromatic rings. The molecule has 1 fully saturated rings. The van der Waals surface area contributed by atoms with Gasteiger partial charge in [0.2, 0.25) is 0 Å². The summed E-state index contributed by atoms with van der Waals surface area (Å²) >= 11 is 3.44. The Morgan fingerprint density at radius 1 is 1.06 bits per heavy atom. The van der Waals surface area contributed by atoms with Gasteiger partial charge in [-0.1, -0.05) is 41.9 Å². The molecule has 2 aromatic carbocycles. The van der Waals surface area contributed by atoms with E-state index in [4.69, 9.17) is 9.47 Å². The van der Waals surface area contributed by atoms with Crippen LogP contribution in [0.4, 0.5) is 0 Å². The van der Waals surface area contributed by atoms with Crippen molar-refractivity contribution in [2.75, 3.05) is 39.4 Å². The van der Waals surface area contributed by atoms with Gasteiger partial charge in [0, 0.05) is 23.1 Å². The van der Waals surface area contributed by atoms with Gasteiger partial charge in [0.1, 0.15) is 19.0 Å². The highest BCUT2D eigenvalue weighted by Gasteiger charge is 2.46. The fourth-order valence-corrected chi connectivity index (χ4v) is 4.50. The zero-order chi connectivity index (χ0) is 23.5. The molecule has 1 atom stereocenters. The van der Waals surface area contributed by atoms with Gasteiger partial charge < -0.3 is 24.4 Å². The van der Waals surface area contributed by atoms with Gasteiger partial charge in [0.05, 0.1) is 11.6 Å². The van der Waals surface area contributed by atoms with E-state index < -0.39 is 17.7 Å². The number of aliphatic hydroxyl groups is 1. The number of Topliss-reactive ketones (excluding diaryl/α,β-unsaturated/α-hetero) is 1. The zero-order valence-electron chi connectivity index (χ0n) is 18.7. The Bertz CT molecular complexity index is 1080. The van der Waals surface area contributed by atoms with E-state index in [1.54, 1.807) is 23.1 Å². The number of carbonyl (C=O) groups is 2. The summed E-state index contributed by atoms with van der Waals surface area (Å²) in [4.78, 5) is 30.0. The number of benzene rings is 2. The maximum absolute atomic E-state index is 13.2. The first kappa shape index (κ1) is 23.3. The van der Waals surface area contributed by atoms with Crippen molar-refractivity contribution in [2.24, 2.45) is 0 Å². The maximum atomic E-state index is 13.2. The van der Waals surface area contributed by atoms with E-state index in [0.717, 1.165) is 23.1 Å². The molecular formula is C25H27BrN2O5. The maximum Gasteiger partial charge on any atom is 0.295 e. The Kier molecular flexibility index (Phi) is 7.05. The van der Waals surface area contributed by atoms with Crippen molar-refractivity contribution in [3.05, 3.63) is 63.6 Å². The Morgan fingerprint density at radius 2 is 1.73 bits per heavy atom. The van der Waals surface area contributed by atoms with Crippen molar-refractivity contribution in [3.8, 4) is 11.5 Å². The fraction of sp³-hybridized carbons (Fsp3) is 0.360. The van der Waals surface area contributed by atoms with Crippen LogP contribution in [0.1, 0.15) is 31.0 Å². The number of fused-ring (bicyclic) bond motifs is 1. The number of ether oxygens (including phenoxy) is 2. The van der Waals surface area contributed by atoms with E-state index >= 15 is 0 Å². The minimum Gasteiger partial charge on any atom is -0.507 e. The average molecular weight is 515 g/mol. The first-order valence-electron chi connectivity index (χ1n) is 11.1. The molecule has 2 aliphatic rings. The number of likely N-dealkylation sites (tertiary alicyclic amines) is 1. The standard InChI is InChI=1S/C25H27BrN2O5/c1-3-27(4-2)11-12-28-22(16-5-8-18(26)9-6-16)21(24(30)25(28)31)23(29)17-7-10-19-20(15-17)33-14-13-32-19/h5-10,15,22,29H,3-4,11-14H2,1-2H3. The van der Waals surface area contributed by atoms with E-state index in [1.807, 2.05) is 24.3 Å². The van der Waals surface area contributed by atoms with Crippen LogP contribution in [0, 0.1) is 0 Å². The number of aliphatic hydroxyl groups excluding tert-OH is 1. The van der Waals surface area contributed by atoms with E-state index in [0.29, 0.717) is 43.4 Å². The van der Waals surface area contributed by atoms with E-state index in [1.165, 1.54) is 0 Å². The van der Waals surface area contributed by atoms with Crippen LogP contribution in [0.15, 0.2) is 52.5 Å². The molecule has 174 valence electrons. The molecule has 2 aliphatic heterocycles. The van der Waals surface area contributed by atoms with Gasteiger partial charge in [-0.3, -0.25) is 9.59 Å². The molecule has 0 radical (unpaired) electrons. The molecule has 33 heavy (non-hydrogen) atoms. The Morgan fingerprint density at radius 3 is 2.39 bits per heavy atom. The number of amides is 1. The molecule has 0 bridgehead atoms.